The van der Waals surface area contributed by atoms with Gasteiger partial charge in [0.15, 0.2) is 0 Å². The summed E-state index contributed by atoms with van der Waals surface area (Å²) in [5.41, 5.74) is 0.248. The lowest BCUT2D eigenvalue weighted by atomic mass is 9.83. The van der Waals surface area contributed by atoms with Crippen LogP contribution in [0.2, 0.25) is 0 Å². The molecule has 2 N–H and O–H groups in total. The van der Waals surface area contributed by atoms with Crippen LogP contribution in [0.25, 0.3) is 5.69 Å². The highest BCUT2D eigenvalue weighted by Crippen LogP contribution is 2.35. The smallest absolute Gasteiger partial charge is 0.354 e. The second kappa shape index (κ2) is 5.25. The maximum atomic E-state index is 10.8. The van der Waals surface area contributed by atoms with Crippen molar-refractivity contribution < 1.29 is 15.0 Å². The molecule has 1 fully saturated rings. The summed E-state index contributed by atoms with van der Waals surface area (Å²) >= 11 is 0. The van der Waals surface area contributed by atoms with Gasteiger partial charge in [-0.3, -0.25) is 0 Å². The molecule has 0 bridgehead atoms. The van der Waals surface area contributed by atoms with Gasteiger partial charge in [0, 0.05) is 0 Å². The first-order valence-electron chi connectivity index (χ1n) is 6.93. The zero-order valence-electron chi connectivity index (χ0n) is 11.4. The van der Waals surface area contributed by atoms with Crippen LogP contribution in [-0.2, 0) is 5.60 Å². The van der Waals surface area contributed by atoms with Crippen LogP contribution in [-0.4, -0.2) is 36.2 Å². The molecular weight excluding hydrogens is 272 g/mol. The predicted molar refractivity (Wildman–Crippen MR) is 73.1 cm³/mol. The molecule has 3 rings (SSSR count). The number of aromatic nitrogens is 4. The zero-order valence-corrected chi connectivity index (χ0v) is 11.4. The number of rotatable bonds is 3. The van der Waals surface area contributed by atoms with Gasteiger partial charge in [0.05, 0.1) is 18.1 Å². The topological polar surface area (TPSA) is 101 Å². The number of carboxylic acids is 1. The van der Waals surface area contributed by atoms with Gasteiger partial charge in [-0.25, -0.2) is 14.5 Å². The van der Waals surface area contributed by atoms with E-state index in [-0.39, 0.29) is 5.69 Å². The minimum atomic E-state index is -1.07. The van der Waals surface area contributed by atoms with Gasteiger partial charge in [0.25, 0.3) is 0 Å². The van der Waals surface area contributed by atoms with Crippen LogP contribution in [0.1, 0.15) is 48.3 Å². The predicted octanol–water partition coefficient (Wildman–Crippen LogP) is 1.51. The Balaban J connectivity index is 1.85. The second-order valence-electron chi connectivity index (χ2n) is 5.35. The lowest BCUT2D eigenvalue weighted by molar-refractivity contribution is -0.00472. The van der Waals surface area contributed by atoms with Crippen molar-refractivity contribution in [1.29, 1.82) is 0 Å². The monoisotopic (exact) mass is 288 g/mol. The van der Waals surface area contributed by atoms with Crippen molar-refractivity contribution in [3.63, 3.8) is 0 Å². The third-order valence-corrected chi connectivity index (χ3v) is 3.88. The average Bonchev–Trinajstić information content (AvgIpc) is 2.99. The van der Waals surface area contributed by atoms with E-state index in [4.69, 9.17) is 5.11 Å². The van der Waals surface area contributed by atoms with Gasteiger partial charge in [0.1, 0.15) is 17.0 Å². The molecule has 0 aliphatic heterocycles. The lowest BCUT2D eigenvalue weighted by Crippen LogP contribution is -2.28. The summed E-state index contributed by atoms with van der Waals surface area (Å²) in [4.78, 5) is 14.6. The van der Waals surface area contributed by atoms with E-state index in [1.165, 1.54) is 16.9 Å². The van der Waals surface area contributed by atoms with Crippen LogP contribution in [0.4, 0.5) is 0 Å². The van der Waals surface area contributed by atoms with Crippen molar-refractivity contribution in [3.8, 4) is 5.69 Å². The minimum absolute atomic E-state index is 0.0232. The molecule has 0 aromatic carbocycles. The average molecular weight is 288 g/mol. The molecule has 7 nitrogen and oxygen atoms in total. The molecule has 0 amide bonds. The molecule has 0 spiro atoms. The molecule has 2 aromatic heterocycles. The van der Waals surface area contributed by atoms with Crippen molar-refractivity contribution in [1.82, 2.24) is 20.0 Å². The molecule has 2 aromatic rings. The highest BCUT2D eigenvalue weighted by molar-refractivity contribution is 5.85. The van der Waals surface area contributed by atoms with Crippen LogP contribution in [0.5, 0.6) is 0 Å². The van der Waals surface area contributed by atoms with E-state index in [0.717, 1.165) is 19.3 Å². The Labute approximate surface area is 121 Å². The summed E-state index contributed by atoms with van der Waals surface area (Å²) in [5.74, 6) is -1.07. The summed E-state index contributed by atoms with van der Waals surface area (Å²) < 4.78 is 1.50. The molecule has 0 atom stereocenters. The van der Waals surface area contributed by atoms with Gasteiger partial charge >= 0.3 is 5.97 Å². The summed E-state index contributed by atoms with van der Waals surface area (Å²) in [6.45, 7) is 0. The zero-order chi connectivity index (χ0) is 14.9. The van der Waals surface area contributed by atoms with Crippen LogP contribution in [0, 0.1) is 0 Å². The fraction of sp³-hybridized carbons (Fsp3) is 0.429. The van der Waals surface area contributed by atoms with E-state index in [2.05, 4.69) is 15.3 Å². The third-order valence-electron chi connectivity index (χ3n) is 3.88. The highest BCUT2D eigenvalue weighted by atomic mass is 16.4. The number of carboxylic acid groups (broad SMARTS) is 1. The van der Waals surface area contributed by atoms with Gasteiger partial charge in [-0.1, -0.05) is 24.5 Å². The molecule has 0 saturated heterocycles. The van der Waals surface area contributed by atoms with E-state index in [0.29, 0.717) is 24.2 Å². The number of aromatic carboxylic acids is 1. The molecule has 1 aliphatic carbocycles. The number of carbonyl (C=O) groups is 1. The highest BCUT2D eigenvalue weighted by Gasteiger charge is 2.34. The van der Waals surface area contributed by atoms with E-state index in [9.17, 15) is 9.90 Å². The lowest BCUT2D eigenvalue weighted by Gasteiger charge is -2.29. The Bertz CT molecular complexity index is 644. The summed E-state index contributed by atoms with van der Waals surface area (Å²) in [6, 6.07) is 3.02. The van der Waals surface area contributed by atoms with E-state index in [1.54, 1.807) is 12.3 Å². The van der Waals surface area contributed by atoms with Crippen LogP contribution >= 0.6 is 0 Å². The number of hydrogen-bond acceptors (Lipinski definition) is 5. The van der Waals surface area contributed by atoms with E-state index < -0.39 is 11.6 Å². The van der Waals surface area contributed by atoms with Crippen LogP contribution in [0.3, 0.4) is 0 Å². The maximum Gasteiger partial charge on any atom is 0.354 e. The molecule has 0 radical (unpaired) electrons. The van der Waals surface area contributed by atoms with Gasteiger partial charge in [0.2, 0.25) is 0 Å². The van der Waals surface area contributed by atoms with Gasteiger partial charge < -0.3 is 10.2 Å². The fourth-order valence-corrected chi connectivity index (χ4v) is 2.64. The first-order valence-corrected chi connectivity index (χ1v) is 6.93. The first-order chi connectivity index (χ1) is 10.1. The van der Waals surface area contributed by atoms with Crippen LogP contribution < -0.4 is 0 Å². The SMILES string of the molecule is O=C(O)c1ccc(-n2cc(C3(O)CCCCC3)nn2)cn1. The molecule has 1 saturated carbocycles. The number of pyridine rings is 1. The van der Waals surface area contributed by atoms with Crippen molar-refractivity contribution >= 4 is 5.97 Å². The molecule has 1 aliphatic rings. The molecule has 21 heavy (non-hydrogen) atoms. The third kappa shape index (κ3) is 2.64. The first kappa shape index (κ1) is 13.7. The van der Waals surface area contributed by atoms with Crippen molar-refractivity contribution in [3.05, 3.63) is 35.9 Å². The second-order valence-corrected chi connectivity index (χ2v) is 5.35. The largest absolute Gasteiger partial charge is 0.477 e. The molecule has 2 heterocycles. The Morgan fingerprint density at radius 3 is 2.62 bits per heavy atom. The standard InChI is InChI=1S/C14H16N4O3/c19-13(20)11-5-4-10(8-15-11)18-9-12(16-17-18)14(21)6-2-1-3-7-14/h4-5,8-9,21H,1-3,6-7H2,(H,19,20). The Morgan fingerprint density at radius 1 is 1.24 bits per heavy atom. The molecule has 0 unspecified atom stereocenters. The minimum Gasteiger partial charge on any atom is -0.477 e. The van der Waals surface area contributed by atoms with E-state index >= 15 is 0 Å². The summed E-state index contributed by atoms with van der Waals surface area (Å²) in [7, 11) is 0. The van der Waals surface area contributed by atoms with Crippen molar-refractivity contribution in [2.24, 2.45) is 0 Å². The summed E-state index contributed by atoms with van der Waals surface area (Å²) in [5, 5.41) is 27.5. The number of nitrogens with zero attached hydrogens (tertiary/aromatic N) is 4. The van der Waals surface area contributed by atoms with E-state index in [1.807, 2.05) is 0 Å². The van der Waals surface area contributed by atoms with Gasteiger partial charge in [-0.05, 0) is 25.0 Å². The van der Waals surface area contributed by atoms with Crippen molar-refractivity contribution in [2.75, 3.05) is 0 Å². The molecular formula is C14H16N4O3. The summed E-state index contributed by atoms with van der Waals surface area (Å²) in [6.07, 6.45) is 7.60. The van der Waals surface area contributed by atoms with Gasteiger partial charge in [-0.2, -0.15) is 0 Å². The maximum absolute atomic E-state index is 10.8. The quantitative estimate of drug-likeness (QED) is 0.887. The molecule has 110 valence electrons. The number of hydrogen-bond donors (Lipinski definition) is 2. The van der Waals surface area contributed by atoms with Crippen LogP contribution in [0.15, 0.2) is 24.5 Å². The molecule has 7 heteroatoms. The fourth-order valence-electron chi connectivity index (χ4n) is 2.64. The van der Waals surface area contributed by atoms with Gasteiger partial charge in [-0.15, -0.1) is 5.10 Å². The number of aliphatic hydroxyl groups is 1. The van der Waals surface area contributed by atoms with Crippen molar-refractivity contribution in [2.45, 2.75) is 37.7 Å². The Kier molecular flexibility index (Phi) is 3.42. The Morgan fingerprint density at radius 2 is 2.00 bits per heavy atom. The Hall–Kier alpha value is -2.28. The normalized spacial score (nSPS) is 17.6.